The summed E-state index contributed by atoms with van der Waals surface area (Å²) in [4.78, 5) is 22.5. The number of carbonyl (C=O) groups is 2. The summed E-state index contributed by atoms with van der Waals surface area (Å²) in [6, 6.07) is -0.611. The molecule has 0 heterocycles. The van der Waals surface area contributed by atoms with Gasteiger partial charge in [0.1, 0.15) is 11.6 Å². The maximum atomic E-state index is 11.6. The number of carboxylic acids is 1. The van der Waals surface area contributed by atoms with Gasteiger partial charge in [-0.15, -0.1) is 0 Å². The van der Waals surface area contributed by atoms with Crippen molar-refractivity contribution in [2.45, 2.75) is 65.1 Å². The molecule has 1 amide bonds. The zero-order valence-electron chi connectivity index (χ0n) is 12.7. The van der Waals surface area contributed by atoms with Gasteiger partial charge in [0.05, 0.1) is 5.54 Å². The molecule has 0 aliphatic heterocycles. The largest absolute Gasteiger partial charge is 0.480 e. The SMILES string of the molecule is CCC(NCC(C)(C)NC(=O)OC(C)(C)C)C(=O)O. The first-order chi connectivity index (χ1) is 8.47. The molecule has 6 nitrogen and oxygen atoms in total. The third kappa shape index (κ3) is 8.42. The summed E-state index contributed by atoms with van der Waals surface area (Å²) < 4.78 is 5.16. The van der Waals surface area contributed by atoms with Crippen LogP contribution in [-0.2, 0) is 9.53 Å². The van der Waals surface area contributed by atoms with Gasteiger partial charge in [0, 0.05) is 6.54 Å². The van der Waals surface area contributed by atoms with Gasteiger partial charge in [-0.1, -0.05) is 6.92 Å². The van der Waals surface area contributed by atoms with Crippen molar-refractivity contribution in [3.05, 3.63) is 0 Å². The minimum atomic E-state index is -0.893. The number of hydrogen-bond acceptors (Lipinski definition) is 4. The average molecular weight is 274 g/mol. The summed E-state index contributed by atoms with van der Waals surface area (Å²) >= 11 is 0. The fraction of sp³-hybridized carbons (Fsp3) is 0.846. The highest BCUT2D eigenvalue weighted by Crippen LogP contribution is 2.09. The first-order valence-corrected chi connectivity index (χ1v) is 6.44. The van der Waals surface area contributed by atoms with Crippen molar-refractivity contribution >= 4 is 12.1 Å². The van der Waals surface area contributed by atoms with Crippen LogP contribution < -0.4 is 10.6 Å². The van der Waals surface area contributed by atoms with E-state index in [4.69, 9.17) is 9.84 Å². The Morgan fingerprint density at radius 2 is 1.74 bits per heavy atom. The Hall–Kier alpha value is -1.30. The first kappa shape index (κ1) is 17.7. The van der Waals surface area contributed by atoms with Crippen molar-refractivity contribution in [3.63, 3.8) is 0 Å². The second kappa shape index (κ2) is 6.75. The van der Waals surface area contributed by atoms with E-state index in [2.05, 4.69) is 10.6 Å². The third-order valence-electron chi connectivity index (χ3n) is 2.34. The molecule has 0 aliphatic rings. The van der Waals surface area contributed by atoms with Crippen LogP contribution in [0.15, 0.2) is 0 Å². The predicted octanol–water partition coefficient (Wildman–Crippen LogP) is 1.74. The quantitative estimate of drug-likeness (QED) is 0.686. The number of hydrogen-bond donors (Lipinski definition) is 3. The van der Waals surface area contributed by atoms with Gasteiger partial charge in [-0.05, 0) is 41.0 Å². The number of carboxylic acid groups (broad SMARTS) is 1. The van der Waals surface area contributed by atoms with Crippen molar-refractivity contribution in [2.75, 3.05) is 6.54 Å². The average Bonchev–Trinajstić information content (AvgIpc) is 2.13. The van der Waals surface area contributed by atoms with Gasteiger partial charge in [-0.2, -0.15) is 0 Å². The highest BCUT2D eigenvalue weighted by molar-refractivity contribution is 5.73. The molecule has 0 rings (SSSR count). The van der Waals surface area contributed by atoms with Crippen LogP contribution in [0.25, 0.3) is 0 Å². The van der Waals surface area contributed by atoms with Crippen molar-refractivity contribution < 1.29 is 19.4 Å². The van der Waals surface area contributed by atoms with E-state index in [1.54, 1.807) is 41.5 Å². The normalized spacial score (nSPS) is 13.8. The predicted molar refractivity (Wildman–Crippen MR) is 73.2 cm³/mol. The fourth-order valence-corrected chi connectivity index (χ4v) is 1.41. The number of aliphatic carboxylic acids is 1. The van der Waals surface area contributed by atoms with E-state index in [0.29, 0.717) is 13.0 Å². The van der Waals surface area contributed by atoms with Crippen LogP contribution in [0.4, 0.5) is 4.79 Å². The van der Waals surface area contributed by atoms with Gasteiger partial charge in [-0.25, -0.2) is 4.79 Å². The van der Waals surface area contributed by atoms with Crippen LogP contribution in [0.5, 0.6) is 0 Å². The molecule has 3 N–H and O–H groups in total. The third-order valence-corrected chi connectivity index (χ3v) is 2.34. The van der Waals surface area contributed by atoms with E-state index in [0.717, 1.165) is 0 Å². The molecule has 0 radical (unpaired) electrons. The maximum absolute atomic E-state index is 11.6. The Bertz CT molecular complexity index is 321. The topological polar surface area (TPSA) is 87.7 Å². The van der Waals surface area contributed by atoms with Gasteiger partial charge in [0.15, 0.2) is 0 Å². The molecule has 0 fully saturated rings. The van der Waals surface area contributed by atoms with Crippen molar-refractivity contribution in [3.8, 4) is 0 Å². The van der Waals surface area contributed by atoms with E-state index in [-0.39, 0.29) is 0 Å². The zero-order chi connectivity index (χ0) is 15.3. The summed E-state index contributed by atoms with van der Waals surface area (Å²) in [7, 11) is 0. The molecule has 0 aromatic rings. The summed E-state index contributed by atoms with van der Waals surface area (Å²) in [5.74, 6) is -0.893. The minimum absolute atomic E-state index is 0.344. The number of alkyl carbamates (subject to hydrolysis) is 1. The lowest BCUT2D eigenvalue weighted by Crippen LogP contribution is -2.54. The van der Waals surface area contributed by atoms with E-state index < -0.39 is 29.2 Å². The van der Waals surface area contributed by atoms with Crippen molar-refractivity contribution in [1.82, 2.24) is 10.6 Å². The smallest absolute Gasteiger partial charge is 0.408 e. The van der Waals surface area contributed by atoms with Gasteiger partial charge in [0.25, 0.3) is 0 Å². The molecule has 6 heteroatoms. The molecule has 0 saturated heterocycles. The second-order valence-electron chi connectivity index (χ2n) is 6.19. The van der Waals surface area contributed by atoms with Crippen LogP contribution in [-0.4, -0.2) is 40.9 Å². The number of ether oxygens (including phenoxy) is 1. The lowest BCUT2D eigenvalue weighted by atomic mass is 10.1. The Morgan fingerprint density at radius 3 is 2.11 bits per heavy atom. The molecule has 0 aromatic heterocycles. The first-order valence-electron chi connectivity index (χ1n) is 6.44. The number of rotatable bonds is 6. The molecule has 0 bridgehead atoms. The fourth-order valence-electron chi connectivity index (χ4n) is 1.41. The van der Waals surface area contributed by atoms with Gasteiger partial charge >= 0.3 is 12.1 Å². The highest BCUT2D eigenvalue weighted by atomic mass is 16.6. The Labute approximate surface area is 114 Å². The highest BCUT2D eigenvalue weighted by Gasteiger charge is 2.26. The summed E-state index contributed by atoms with van der Waals surface area (Å²) in [6.45, 7) is 11.1. The van der Waals surface area contributed by atoms with Crippen molar-refractivity contribution in [1.29, 1.82) is 0 Å². The number of nitrogens with one attached hydrogen (secondary N) is 2. The molecule has 0 saturated carbocycles. The van der Waals surface area contributed by atoms with E-state index >= 15 is 0 Å². The van der Waals surface area contributed by atoms with Crippen LogP contribution in [0.3, 0.4) is 0 Å². The summed E-state index contributed by atoms with van der Waals surface area (Å²) in [6.07, 6.45) is -0.0274. The van der Waals surface area contributed by atoms with Crippen molar-refractivity contribution in [2.24, 2.45) is 0 Å². The van der Waals surface area contributed by atoms with Gasteiger partial charge in [-0.3, -0.25) is 4.79 Å². The zero-order valence-corrected chi connectivity index (χ0v) is 12.7. The molecule has 0 aromatic carbocycles. The minimum Gasteiger partial charge on any atom is -0.480 e. The van der Waals surface area contributed by atoms with E-state index in [1.165, 1.54) is 0 Å². The molecular weight excluding hydrogens is 248 g/mol. The number of amides is 1. The van der Waals surface area contributed by atoms with Crippen LogP contribution in [0.2, 0.25) is 0 Å². The van der Waals surface area contributed by atoms with Gasteiger partial charge < -0.3 is 20.5 Å². The summed E-state index contributed by atoms with van der Waals surface area (Å²) in [5, 5.41) is 14.6. The van der Waals surface area contributed by atoms with E-state index in [9.17, 15) is 9.59 Å². The lowest BCUT2D eigenvalue weighted by molar-refractivity contribution is -0.139. The van der Waals surface area contributed by atoms with Crippen LogP contribution in [0, 0.1) is 0 Å². The maximum Gasteiger partial charge on any atom is 0.408 e. The molecule has 112 valence electrons. The molecule has 1 atom stereocenters. The van der Waals surface area contributed by atoms with Gasteiger partial charge in [0.2, 0.25) is 0 Å². The van der Waals surface area contributed by atoms with E-state index in [1.807, 2.05) is 0 Å². The lowest BCUT2D eigenvalue weighted by Gasteiger charge is -2.29. The Balaban J connectivity index is 4.32. The summed E-state index contributed by atoms with van der Waals surface area (Å²) in [5.41, 5.74) is -1.15. The standard InChI is InChI=1S/C13H26N2O4/c1-7-9(10(16)17)14-8-13(5,6)15-11(18)19-12(2,3)4/h9,14H,7-8H2,1-6H3,(H,15,18)(H,16,17). The molecular formula is C13H26N2O4. The number of carbonyl (C=O) groups excluding carboxylic acids is 1. The molecule has 0 aliphatic carbocycles. The molecule has 19 heavy (non-hydrogen) atoms. The molecule has 1 unspecified atom stereocenters. The Kier molecular flexibility index (Phi) is 6.29. The second-order valence-corrected chi connectivity index (χ2v) is 6.19. The molecule has 0 spiro atoms. The Morgan fingerprint density at radius 1 is 1.21 bits per heavy atom. The van der Waals surface area contributed by atoms with Crippen LogP contribution >= 0.6 is 0 Å². The van der Waals surface area contributed by atoms with Crippen LogP contribution in [0.1, 0.15) is 48.0 Å². The monoisotopic (exact) mass is 274 g/mol.